The highest BCUT2D eigenvalue weighted by atomic mass is 32.2. The molecule has 0 saturated carbocycles. The highest BCUT2D eigenvalue weighted by Crippen LogP contribution is 2.20. The number of rotatable bonds is 8. The largest absolute Gasteiger partial charge is 0.388 e. The zero-order chi connectivity index (χ0) is 16.1. The van der Waals surface area contributed by atoms with Crippen LogP contribution in [0.4, 0.5) is 14.5 Å². The number of anilines is 1. The number of aliphatic hydroxyl groups is 1. The van der Waals surface area contributed by atoms with E-state index in [9.17, 15) is 22.3 Å². The number of alkyl halides is 2. The third kappa shape index (κ3) is 5.22. The van der Waals surface area contributed by atoms with Gasteiger partial charge in [-0.1, -0.05) is 0 Å². The Bertz CT molecular complexity index is 544. The number of methoxy groups -OCH3 is 1. The fraction of sp³-hybridized carbons (Fsp3) is 0.538. The van der Waals surface area contributed by atoms with Crippen molar-refractivity contribution in [2.75, 3.05) is 25.6 Å². The van der Waals surface area contributed by atoms with E-state index in [-0.39, 0.29) is 6.54 Å². The Morgan fingerprint density at radius 1 is 1.33 bits per heavy atom. The summed E-state index contributed by atoms with van der Waals surface area (Å²) in [5.74, 6) is -3.44. The Morgan fingerprint density at radius 3 is 2.38 bits per heavy atom. The molecule has 0 bridgehead atoms. The smallest absolute Gasteiger partial charge is 0.341 e. The third-order valence-electron chi connectivity index (χ3n) is 2.94. The lowest BCUT2D eigenvalue weighted by atomic mass is 10.0. The van der Waals surface area contributed by atoms with Crippen LogP contribution in [0, 0.1) is 0 Å². The lowest BCUT2D eigenvalue weighted by Gasteiger charge is -2.23. The van der Waals surface area contributed by atoms with Gasteiger partial charge in [-0.25, -0.2) is 8.42 Å². The number of hydrogen-bond donors (Lipinski definition) is 2. The standard InChI is InChI=1S/C13H19F2NO4S/c1-13(17,7-8-20-2)9-16-10-3-5-11(6-4-10)21(18,19)12(14)15/h3-6,12,16-17H,7-9H2,1-2H3. The molecular weight excluding hydrogens is 304 g/mol. The van der Waals surface area contributed by atoms with E-state index in [0.717, 1.165) is 12.1 Å². The summed E-state index contributed by atoms with van der Waals surface area (Å²) < 4.78 is 52.1. The van der Waals surface area contributed by atoms with Crippen molar-refractivity contribution in [1.29, 1.82) is 0 Å². The molecule has 0 radical (unpaired) electrons. The van der Waals surface area contributed by atoms with Gasteiger partial charge in [0.2, 0.25) is 9.84 Å². The van der Waals surface area contributed by atoms with Crippen molar-refractivity contribution in [2.45, 2.75) is 29.6 Å². The van der Waals surface area contributed by atoms with Crippen molar-refractivity contribution in [1.82, 2.24) is 0 Å². The molecule has 8 heteroatoms. The summed E-state index contributed by atoms with van der Waals surface area (Å²) in [6, 6.07) is 4.96. The van der Waals surface area contributed by atoms with Crippen LogP contribution in [0.1, 0.15) is 13.3 Å². The zero-order valence-corrected chi connectivity index (χ0v) is 12.7. The van der Waals surface area contributed by atoms with Crippen molar-refractivity contribution in [3.63, 3.8) is 0 Å². The van der Waals surface area contributed by atoms with E-state index in [4.69, 9.17) is 4.74 Å². The maximum atomic E-state index is 12.4. The van der Waals surface area contributed by atoms with Crippen molar-refractivity contribution < 1.29 is 27.0 Å². The third-order valence-corrected chi connectivity index (χ3v) is 4.33. The van der Waals surface area contributed by atoms with Crippen molar-refractivity contribution in [3.8, 4) is 0 Å². The number of hydrogen-bond acceptors (Lipinski definition) is 5. The van der Waals surface area contributed by atoms with Crippen LogP contribution in [0.2, 0.25) is 0 Å². The van der Waals surface area contributed by atoms with E-state index < -0.39 is 26.1 Å². The molecule has 2 N–H and O–H groups in total. The van der Waals surface area contributed by atoms with Crippen LogP contribution in [-0.2, 0) is 14.6 Å². The number of benzene rings is 1. The summed E-state index contributed by atoms with van der Waals surface area (Å²) in [7, 11) is -3.04. The molecule has 1 aromatic carbocycles. The van der Waals surface area contributed by atoms with Crippen LogP contribution in [0.15, 0.2) is 29.2 Å². The monoisotopic (exact) mass is 323 g/mol. The van der Waals surface area contributed by atoms with Crippen molar-refractivity contribution in [3.05, 3.63) is 24.3 Å². The Labute approximate surface area is 122 Å². The SMILES string of the molecule is COCCC(C)(O)CNc1ccc(S(=O)(=O)C(F)F)cc1. The van der Waals surface area contributed by atoms with Gasteiger partial charge in [-0.2, -0.15) is 8.78 Å². The van der Waals surface area contributed by atoms with E-state index in [1.165, 1.54) is 19.2 Å². The second-order valence-electron chi connectivity index (χ2n) is 4.92. The summed E-state index contributed by atoms with van der Waals surface area (Å²) in [5, 5.41) is 12.9. The average Bonchev–Trinajstić information content (AvgIpc) is 2.43. The van der Waals surface area contributed by atoms with Crippen LogP contribution in [0.3, 0.4) is 0 Å². The van der Waals surface area contributed by atoms with E-state index >= 15 is 0 Å². The van der Waals surface area contributed by atoms with Gasteiger partial charge in [-0.15, -0.1) is 0 Å². The minimum absolute atomic E-state index is 0.220. The molecule has 21 heavy (non-hydrogen) atoms. The molecule has 1 aromatic rings. The normalized spacial score (nSPS) is 15.0. The Kier molecular flexibility index (Phi) is 6.06. The molecule has 0 heterocycles. The molecule has 0 fully saturated rings. The average molecular weight is 323 g/mol. The molecule has 0 aliphatic rings. The second kappa shape index (κ2) is 7.15. The number of ether oxygens (including phenoxy) is 1. The molecule has 1 rings (SSSR count). The number of nitrogens with one attached hydrogen (secondary N) is 1. The molecule has 0 aliphatic heterocycles. The fourth-order valence-electron chi connectivity index (χ4n) is 1.57. The number of sulfone groups is 1. The van der Waals surface area contributed by atoms with Gasteiger partial charge in [0.15, 0.2) is 0 Å². The van der Waals surface area contributed by atoms with Gasteiger partial charge in [0.25, 0.3) is 0 Å². The highest BCUT2D eigenvalue weighted by molar-refractivity contribution is 7.91. The van der Waals surface area contributed by atoms with Gasteiger partial charge in [-0.05, 0) is 31.2 Å². The molecular formula is C13H19F2NO4S. The summed E-state index contributed by atoms with van der Waals surface area (Å²) in [6.07, 6.45) is 0.425. The Morgan fingerprint density at radius 2 is 1.90 bits per heavy atom. The molecule has 1 unspecified atom stereocenters. The predicted octanol–water partition coefficient (Wildman–Crippen LogP) is 1.88. The topological polar surface area (TPSA) is 75.6 Å². The molecule has 0 spiro atoms. The fourth-order valence-corrected chi connectivity index (χ4v) is 2.29. The van der Waals surface area contributed by atoms with E-state index in [1.54, 1.807) is 6.92 Å². The first-order chi connectivity index (χ1) is 9.69. The Balaban J connectivity index is 2.68. The van der Waals surface area contributed by atoms with Gasteiger partial charge in [0.1, 0.15) is 0 Å². The van der Waals surface area contributed by atoms with Crippen molar-refractivity contribution >= 4 is 15.5 Å². The van der Waals surface area contributed by atoms with Crippen LogP contribution in [0.25, 0.3) is 0 Å². The lowest BCUT2D eigenvalue weighted by Crippen LogP contribution is -2.34. The van der Waals surface area contributed by atoms with Gasteiger partial charge in [0.05, 0.1) is 10.5 Å². The number of halogens is 2. The quantitative estimate of drug-likeness (QED) is 0.764. The molecule has 1 atom stereocenters. The first-order valence-corrected chi connectivity index (χ1v) is 7.81. The second-order valence-corrected chi connectivity index (χ2v) is 6.84. The van der Waals surface area contributed by atoms with Crippen LogP contribution in [-0.4, -0.2) is 45.1 Å². The molecule has 120 valence electrons. The highest BCUT2D eigenvalue weighted by Gasteiger charge is 2.26. The first kappa shape index (κ1) is 17.8. The molecule has 5 nitrogen and oxygen atoms in total. The van der Waals surface area contributed by atoms with E-state index in [0.29, 0.717) is 18.7 Å². The zero-order valence-electron chi connectivity index (χ0n) is 11.8. The minimum Gasteiger partial charge on any atom is -0.388 e. The summed E-state index contributed by atoms with van der Waals surface area (Å²) in [4.78, 5) is -0.436. The predicted molar refractivity (Wildman–Crippen MR) is 75.2 cm³/mol. The maximum Gasteiger partial charge on any atom is 0.341 e. The Hall–Kier alpha value is -1.25. The van der Waals surface area contributed by atoms with Gasteiger partial charge in [0, 0.05) is 32.4 Å². The molecule has 0 aliphatic carbocycles. The van der Waals surface area contributed by atoms with Crippen LogP contribution >= 0.6 is 0 Å². The van der Waals surface area contributed by atoms with Gasteiger partial charge < -0.3 is 15.2 Å². The van der Waals surface area contributed by atoms with Gasteiger partial charge >= 0.3 is 5.76 Å². The first-order valence-electron chi connectivity index (χ1n) is 6.26. The summed E-state index contributed by atoms with van der Waals surface area (Å²) >= 11 is 0. The maximum absolute atomic E-state index is 12.4. The van der Waals surface area contributed by atoms with Crippen LogP contribution in [0.5, 0.6) is 0 Å². The lowest BCUT2D eigenvalue weighted by molar-refractivity contribution is 0.0357. The molecule has 0 aromatic heterocycles. The van der Waals surface area contributed by atoms with E-state index in [1.807, 2.05) is 0 Å². The summed E-state index contributed by atoms with van der Waals surface area (Å²) in [5.41, 5.74) is -0.468. The van der Waals surface area contributed by atoms with Crippen LogP contribution < -0.4 is 5.32 Å². The minimum atomic E-state index is -4.58. The summed E-state index contributed by atoms with van der Waals surface area (Å²) in [6.45, 7) is 2.26. The van der Waals surface area contributed by atoms with Crippen molar-refractivity contribution in [2.24, 2.45) is 0 Å². The molecule has 0 amide bonds. The molecule has 0 saturated heterocycles. The van der Waals surface area contributed by atoms with Gasteiger partial charge in [-0.3, -0.25) is 0 Å². The van der Waals surface area contributed by atoms with E-state index in [2.05, 4.69) is 5.32 Å².